The first-order valence-corrected chi connectivity index (χ1v) is 9.36. The zero-order valence-corrected chi connectivity index (χ0v) is 17.5. The van der Waals surface area contributed by atoms with E-state index in [0.29, 0.717) is 11.4 Å². The molecule has 0 aliphatic heterocycles. The Hall–Kier alpha value is -2.86. The van der Waals surface area contributed by atoms with Gasteiger partial charge in [-0.3, -0.25) is 9.59 Å². The lowest BCUT2D eigenvalue weighted by molar-refractivity contribution is -0.885. The lowest BCUT2D eigenvalue weighted by Crippen LogP contribution is -3.14. The molecule has 3 N–H and O–H groups in total. The first kappa shape index (κ1) is 21.4. The Kier molecular flexibility index (Phi) is 7.18. The molecule has 0 fully saturated rings. The first-order chi connectivity index (χ1) is 13.2. The predicted octanol–water partition coefficient (Wildman–Crippen LogP) is 2.10. The van der Waals surface area contributed by atoms with Crippen LogP contribution in [0.4, 0.5) is 11.4 Å². The van der Waals surface area contributed by atoms with Gasteiger partial charge in [0.25, 0.3) is 11.8 Å². The van der Waals surface area contributed by atoms with Crippen LogP contribution in [-0.4, -0.2) is 38.6 Å². The standard InChI is InChI=1S/C22H29N3O3/c1-14-11-15(2)21(16(3)12-14)24-20(26)13-25(5)17(4)22(27)23-18-9-7-8-10-19(18)28-6/h7-12,17H,13H2,1-6H3,(H,23,27)(H,24,26)/p+1/t17-/m1/s1. The first-order valence-electron chi connectivity index (χ1n) is 9.36. The van der Waals surface area contributed by atoms with E-state index in [1.54, 1.807) is 26.2 Å². The molecule has 0 heterocycles. The zero-order chi connectivity index (χ0) is 20.8. The Morgan fingerprint density at radius 2 is 1.68 bits per heavy atom. The number of nitrogens with one attached hydrogen (secondary N) is 3. The van der Waals surface area contributed by atoms with E-state index in [-0.39, 0.29) is 18.4 Å². The molecule has 0 aliphatic carbocycles. The Bertz CT molecular complexity index is 841. The van der Waals surface area contributed by atoms with Crippen LogP contribution >= 0.6 is 0 Å². The third-order valence-electron chi connectivity index (χ3n) is 4.88. The predicted molar refractivity (Wildman–Crippen MR) is 112 cm³/mol. The summed E-state index contributed by atoms with van der Waals surface area (Å²) in [7, 11) is 3.39. The summed E-state index contributed by atoms with van der Waals surface area (Å²) in [6, 6.07) is 10.9. The normalized spacial score (nSPS) is 12.8. The van der Waals surface area contributed by atoms with Gasteiger partial charge in [-0.1, -0.05) is 29.8 Å². The van der Waals surface area contributed by atoms with Gasteiger partial charge in [0.05, 0.1) is 19.8 Å². The molecule has 2 amide bonds. The van der Waals surface area contributed by atoms with E-state index in [9.17, 15) is 9.59 Å². The molecule has 0 saturated heterocycles. The van der Waals surface area contributed by atoms with Crippen molar-refractivity contribution in [2.24, 2.45) is 0 Å². The quantitative estimate of drug-likeness (QED) is 0.685. The van der Waals surface area contributed by atoms with E-state index in [1.165, 1.54) is 0 Å². The van der Waals surface area contributed by atoms with Crippen molar-refractivity contribution in [3.8, 4) is 5.75 Å². The molecule has 0 saturated carbocycles. The van der Waals surface area contributed by atoms with Gasteiger partial charge in [0.2, 0.25) is 0 Å². The van der Waals surface area contributed by atoms with Crippen LogP contribution in [0.5, 0.6) is 5.75 Å². The summed E-state index contributed by atoms with van der Waals surface area (Å²) in [6.07, 6.45) is 0. The van der Waals surface area contributed by atoms with E-state index < -0.39 is 6.04 Å². The molecule has 0 aliphatic rings. The summed E-state index contributed by atoms with van der Waals surface area (Å²) in [5, 5.41) is 5.86. The van der Waals surface area contributed by atoms with Crippen molar-refractivity contribution in [2.45, 2.75) is 33.7 Å². The second-order valence-corrected chi connectivity index (χ2v) is 7.26. The number of hydrogen-bond donors (Lipinski definition) is 3. The molecule has 2 aromatic carbocycles. The summed E-state index contributed by atoms with van der Waals surface area (Å²) in [4.78, 5) is 25.9. The maximum Gasteiger partial charge on any atom is 0.282 e. The highest BCUT2D eigenvalue weighted by Crippen LogP contribution is 2.23. The molecule has 2 aromatic rings. The summed E-state index contributed by atoms with van der Waals surface area (Å²) in [5.74, 6) is 0.311. The van der Waals surface area contributed by atoms with Gasteiger partial charge in [-0.05, 0) is 51.0 Å². The molecule has 28 heavy (non-hydrogen) atoms. The number of para-hydroxylation sites is 2. The minimum Gasteiger partial charge on any atom is -0.495 e. The number of amides is 2. The molecule has 0 aromatic heterocycles. The summed E-state index contributed by atoms with van der Waals surface area (Å²) in [5.41, 5.74) is 4.69. The zero-order valence-electron chi connectivity index (χ0n) is 17.5. The molecule has 150 valence electrons. The lowest BCUT2D eigenvalue weighted by atomic mass is 10.1. The number of ether oxygens (including phenoxy) is 1. The highest BCUT2D eigenvalue weighted by Gasteiger charge is 2.25. The van der Waals surface area contributed by atoms with Gasteiger partial charge in [-0.2, -0.15) is 0 Å². The van der Waals surface area contributed by atoms with E-state index >= 15 is 0 Å². The minimum absolute atomic E-state index is 0.121. The molecule has 1 unspecified atom stereocenters. The van der Waals surface area contributed by atoms with Gasteiger partial charge in [-0.25, -0.2) is 0 Å². The summed E-state index contributed by atoms with van der Waals surface area (Å²) < 4.78 is 5.26. The topological polar surface area (TPSA) is 71.9 Å². The largest absolute Gasteiger partial charge is 0.495 e. The molecule has 2 atom stereocenters. The van der Waals surface area contributed by atoms with Crippen molar-refractivity contribution in [2.75, 3.05) is 31.3 Å². The molecular weight excluding hydrogens is 354 g/mol. The smallest absolute Gasteiger partial charge is 0.282 e. The number of quaternary nitrogens is 1. The number of carbonyl (C=O) groups excluding carboxylic acids is 2. The van der Waals surface area contributed by atoms with Crippen LogP contribution in [0, 0.1) is 20.8 Å². The molecular formula is C22H30N3O3+. The Labute approximate surface area is 166 Å². The van der Waals surface area contributed by atoms with Crippen molar-refractivity contribution in [1.29, 1.82) is 0 Å². The SMILES string of the molecule is COc1ccccc1NC(=O)[C@@H](C)[NH+](C)CC(=O)Nc1c(C)cc(C)cc1C. The number of likely N-dealkylation sites (N-methyl/N-ethyl adjacent to an activating group) is 1. The Morgan fingerprint density at radius 3 is 2.29 bits per heavy atom. The average molecular weight is 385 g/mol. The molecule has 6 nitrogen and oxygen atoms in total. The summed E-state index contributed by atoms with van der Waals surface area (Å²) >= 11 is 0. The molecule has 0 spiro atoms. The maximum atomic E-state index is 12.6. The van der Waals surface area contributed by atoms with E-state index in [4.69, 9.17) is 4.74 Å². The van der Waals surface area contributed by atoms with Crippen molar-refractivity contribution in [3.63, 3.8) is 0 Å². The fourth-order valence-corrected chi connectivity index (χ4v) is 3.18. The molecule has 0 bridgehead atoms. The highest BCUT2D eigenvalue weighted by atomic mass is 16.5. The van der Waals surface area contributed by atoms with Gasteiger partial charge >= 0.3 is 0 Å². The van der Waals surface area contributed by atoms with Gasteiger partial charge in [0.1, 0.15) is 5.75 Å². The van der Waals surface area contributed by atoms with Crippen molar-refractivity contribution < 1.29 is 19.2 Å². The lowest BCUT2D eigenvalue weighted by Gasteiger charge is -2.21. The number of aryl methyl sites for hydroxylation is 3. The van der Waals surface area contributed by atoms with Gasteiger partial charge < -0.3 is 20.3 Å². The molecule has 0 radical (unpaired) electrons. The van der Waals surface area contributed by atoms with Crippen LogP contribution in [0.15, 0.2) is 36.4 Å². The van der Waals surface area contributed by atoms with Crippen molar-refractivity contribution >= 4 is 23.2 Å². The summed E-state index contributed by atoms with van der Waals surface area (Å²) in [6.45, 7) is 7.99. The monoisotopic (exact) mass is 384 g/mol. The number of methoxy groups -OCH3 is 1. The second kappa shape index (κ2) is 9.37. The van der Waals surface area contributed by atoms with E-state index in [2.05, 4.69) is 10.6 Å². The number of hydrogen-bond acceptors (Lipinski definition) is 3. The average Bonchev–Trinajstić information content (AvgIpc) is 2.64. The minimum atomic E-state index is -0.407. The van der Waals surface area contributed by atoms with Crippen LogP contribution in [0.3, 0.4) is 0 Å². The fourth-order valence-electron chi connectivity index (χ4n) is 3.18. The Balaban J connectivity index is 1.98. The van der Waals surface area contributed by atoms with Crippen LogP contribution in [-0.2, 0) is 9.59 Å². The van der Waals surface area contributed by atoms with Crippen molar-refractivity contribution in [1.82, 2.24) is 0 Å². The van der Waals surface area contributed by atoms with Crippen LogP contribution < -0.4 is 20.3 Å². The third kappa shape index (κ3) is 5.33. The van der Waals surface area contributed by atoms with E-state index in [0.717, 1.165) is 27.3 Å². The number of benzene rings is 2. The number of anilines is 2. The van der Waals surface area contributed by atoms with Crippen LogP contribution in [0.1, 0.15) is 23.6 Å². The maximum absolute atomic E-state index is 12.6. The van der Waals surface area contributed by atoms with E-state index in [1.807, 2.05) is 52.1 Å². The van der Waals surface area contributed by atoms with Crippen LogP contribution in [0.2, 0.25) is 0 Å². The fraction of sp³-hybridized carbons (Fsp3) is 0.364. The second-order valence-electron chi connectivity index (χ2n) is 7.26. The van der Waals surface area contributed by atoms with Gasteiger partial charge in [0, 0.05) is 5.69 Å². The number of carbonyl (C=O) groups is 2. The third-order valence-corrected chi connectivity index (χ3v) is 4.88. The van der Waals surface area contributed by atoms with Crippen LogP contribution in [0.25, 0.3) is 0 Å². The van der Waals surface area contributed by atoms with Crippen molar-refractivity contribution in [3.05, 3.63) is 53.1 Å². The highest BCUT2D eigenvalue weighted by molar-refractivity contribution is 5.96. The van der Waals surface area contributed by atoms with Gasteiger partial charge in [0.15, 0.2) is 12.6 Å². The molecule has 2 rings (SSSR count). The van der Waals surface area contributed by atoms with Gasteiger partial charge in [-0.15, -0.1) is 0 Å². The number of rotatable bonds is 7. The Morgan fingerprint density at radius 1 is 1.07 bits per heavy atom. The molecule has 6 heteroatoms.